The Morgan fingerprint density at radius 3 is 2.79 bits per heavy atom. The summed E-state index contributed by atoms with van der Waals surface area (Å²) in [5.41, 5.74) is 1.48. The van der Waals surface area contributed by atoms with Crippen LogP contribution in [0.3, 0.4) is 0 Å². The van der Waals surface area contributed by atoms with Crippen LogP contribution in [-0.2, 0) is 0 Å². The number of rotatable bonds is 7. The minimum atomic E-state index is 0.657. The standard InChI is InChI=1S/C16H24BrNS/c1-3-19-9-8-12(2)18-14-10-13(11-14)15-6-4-5-7-16(15)17/h4-7,12-14,18H,3,8-11H2,1-2H3. The van der Waals surface area contributed by atoms with E-state index in [0.29, 0.717) is 6.04 Å². The smallest absolute Gasteiger partial charge is 0.0210 e. The second-order valence-electron chi connectivity index (χ2n) is 5.44. The number of benzene rings is 1. The topological polar surface area (TPSA) is 12.0 Å². The molecular weight excluding hydrogens is 318 g/mol. The van der Waals surface area contributed by atoms with Gasteiger partial charge in [0.05, 0.1) is 0 Å². The zero-order valence-electron chi connectivity index (χ0n) is 11.9. The molecule has 19 heavy (non-hydrogen) atoms. The van der Waals surface area contributed by atoms with Crippen LogP contribution >= 0.6 is 27.7 Å². The molecule has 1 saturated carbocycles. The first kappa shape index (κ1) is 15.4. The largest absolute Gasteiger partial charge is 0.311 e. The maximum Gasteiger partial charge on any atom is 0.0210 e. The van der Waals surface area contributed by atoms with Crippen molar-refractivity contribution in [2.24, 2.45) is 0 Å². The minimum absolute atomic E-state index is 0.657. The lowest BCUT2D eigenvalue weighted by Crippen LogP contribution is -2.44. The predicted molar refractivity (Wildman–Crippen MR) is 90.1 cm³/mol. The molecule has 0 saturated heterocycles. The number of hydrogen-bond donors (Lipinski definition) is 1. The molecule has 0 spiro atoms. The van der Waals surface area contributed by atoms with Crippen molar-refractivity contribution in [3.8, 4) is 0 Å². The summed E-state index contributed by atoms with van der Waals surface area (Å²) < 4.78 is 1.27. The average Bonchev–Trinajstić information content (AvgIpc) is 2.35. The fourth-order valence-corrected chi connectivity index (χ4v) is 4.12. The second kappa shape index (κ2) is 7.70. The number of nitrogens with one attached hydrogen (secondary N) is 1. The number of hydrogen-bond acceptors (Lipinski definition) is 2. The third-order valence-corrected chi connectivity index (χ3v) is 5.56. The van der Waals surface area contributed by atoms with E-state index in [4.69, 9.17) is 0 Å². The first-order chi connectivity index (χ1) is 9.20. The lowest BCUT2D eigenvalue weighted by atomic mass is 9.75. The van der Waals surface area contributed by atoms with Crippen LogP contribution < -0.4 is 5.32 Å². The van der Waals surface area contributed by atoms with Gasteiger partial charge in [-0.3, -0.25) is 0 Å². The van der Waals surface area contributed by atoms with Crippen molar-refractivity contribution in [1.29, 1.82) is 0 Å². The normalized spacial score (nSPS) is 23.9. The van der Waals surface area contributed by atoms with Crippen molar-refractivity contribution < 1.29 is 0 Å². The van der Waals surface area contributed by atoms with Crippen LogP contribution in [0.4, 0.5) is 0 Å². The van der Waals surface area contributed by atoms with Gasteiger partial charge in [-0.05, 0) is 55.2 Å². The Kier molecular flexibility index (Phi) is 6.24. The van der Waals surface area contributed by atoms with Gasteiger partial charge in [0, 0.05) is 16.6 Å². The van der Waals surface area contributed by atoms with Gasteiger partial charge in [0.2, 0.25) is 0 Å². The van der Waals surface area contributed by atoms with Crippen molar-refractivity contribution in [3.63, 3.8) is 0 Å². The third-order valence-electron chi connectivity index (χ3n) is 3.90. The van der Waals surface area contributed by atoms with Gasteiger partial charge >= 0.3 is 0 Å². The van der Waals surface area contributed by atoms with E-state index in [1.54, 1.807) is 0 Å². The van der Waals surface area contributed by atoms with Crippen molar-refractivity contribution in [1.82, 2.24) is 5.32 Å². The van der Waals surface area contributed by atoms with Gasteiger partial charge in [-0.1, -0.05) is 41.1 Å². The van der Waals surface area contributed by atoms with Crippen molar-refractivity contribution >= 4 is 27.7 Å². The molecule has 1 fully saturated rings. The lowest BCUT2D eigenvalue weighted by Gasteiger charge is -2.38. The summed E-state index contributed by atoms with van der Waals surface area (Å²) in [6.45, 7) is 4.55. The fraction of sp³-hybridized carbons (Fsp3) is 0.625. The van der Waals surface area contributed by atoms with Gasteiger partial charge in [-0.25, -0.2) is 0 Å². The molecule has 0 bridgehead atoms. The van der Waals surface area contributed by atoms with Crippen LogP contribution in [0.5, 0.6) is 0 Å². The molecule has 1 N–H and O–H groups in total. The number of halogens is 1. The Labute approximate surface area is 130 Å². The first-order valence-electron chi connectivity index (χ1n) is 7.29. The molecule has 0 aromatic heterocycles. The third kappa shape index (κ3) is 4.51. The Morgan fingerprint density at radius 2 is 2.11 bits per heavy atom. The van der Waals surface area contributed by atoms with Gasteiger partial charge in [-0.15, -0.1) is 0 Å². The summed E-state index contributed by atoms with van der Waals surface area (Å²) in [6.07, 6.45) is 3.86. The molecule has 1 aromatic rings. The van der Waals surface area contributed by atoms with E-state index < -0.39 is 0 Å². The van der Waals surface area contributed by atoms with Crippen LogP contribution in [0.1, 0.15) is 44.6 Å². The summed E-state index contributed by atoms with van der Waals surface area (Å²) >= 11 is 5.70. The highest BCUT2D eigenvalue weighted by molar-refractivity contribution is 9.10. The van der Waals surface area contributed by atoms with E-state index >= 15 is 0 Å². The molecule has 0 heterocycles. The molecule has 3 heteroatoms. The van der Waals surface area contributed by atoms with Crippen LogP contribution in [0, 0.1) is 0 Å². The molecule has 2 rings (SSSR count). The molecule has 106 valence electrons. The molecule has 0 radical (unpaired) electrons. The molecule has 1 nitrogen and oxygen atoms in total. The zero-order chi connectivity index (χ0) is 13.7. The monoisotopic (exact) mass is 341 g/mol. The Morgan fingerprint density at radius 1 is 1.37 bits per heavy atom. The Bertz CT molecular complexity index is 390. The van der Waals surface area contributed by atoms with E-state index in [1.807, 2.05) is 11.8 Å². The van der Waals surface area contributed by atoms with Crippen LogP contribution in [0.15, 0.2) is 28.7 Å². The first-order valence-corrected chi connectivity index (χ1v) is 9.23. The van der Waals surface area contributed by atoms with Gasteiger partial charge in [0.1, 0.15) is 0 Å². The molecule has 1 aliphatic carbocycles. The van der Waals surface area contributed by atoms with Crippen LogP contribution in [0.2, 0.25) is 0 Å². The van der Waals surface area contributed by atoms with Crippen molar-refractivity contribution in [2.45, 2.75) is 51.1 Å². The predicted octanol–water partition coefficient (Wildman–Crippen LogP) is 4.82. The van der Waals surface area contributed by atoms with E-state index in [-0.39, 0.29) is 0 Å². The fourth-order valence-electron chi connectivity index (χ4n) is 2.70. The average molecular weight is 342 g/mol. The quantitative estimate of drug-likeness (QED) is 0.713. The molecule has 0 amide bonds. The molecule has 1 atom stereocenters. The molecule has 0 aliphatic heterocycles. The van der Waals surface area contributed by atoms with Gasteiger partial charge in [0.15, 0.2) is 0 Å². The highest BCUT2D eigenvalue weighted by Crippen LogP contribution is 2.40. The molecule has 1 aromatic carbocycles. The van der Waals surface area contributed by atoms with E-state index in [1.165, 1.54) is 40.8 Å². The Balaban J connectivity index is 1.70. The van der Waals surface area contributed by atoms with E-state index in [2.05, 4.69) is 59.4 Å². The second-order valence-corrected chi connectivity index (χ2v) is 7.69. The lowest BCUT2D eigenvalue weighted by molar-refractivity contribution is 0.267. The molecule has 1 unspecified atom stereocenters. The summed E-state index contributed by atoms with van der Waals surface area (Å²) in [5, 5.41) is 3.77. The van der Waals surface area contributed by atoms with Crippen molar-refractivity contribution in [3.05, 3.63) is 34.3 Å². The van der Waals surface area contributed by atoms with Gasteiger partial charge in [-0.2, -0.15) is 11.8 Å². The molecule has 1 aliphatic rings. The van der Waals surface area contributed by atoms with Gasteiger partial charge in [0.25, 0.3) is 0 Å². The highest BCUT2D eigenvalue weighted by atomic mass is 79.9. The van der Waals surface area contributed by atoms with Crippen LogP contribution in [-0.4, -0.2) is 23.6 Å². The van der Waals surface area contributed by atoms with Gasteiger partial charge < -0.3 is 5.32 Å². The van der Waals surface area contributed by atoms with E-state index in [0.717, 1.165) is 12.0 Å². The van der Waals surface area contributed by atoms with Crippen LogP contribution in [0.25, 0.3) is 0 Å². The summed E-state index contributed by atoms with van der Waals surface area (Å²) in [7, 11) is 0. The number of thioether (sulfide) groups is 1. The van der Waals surface area contributed by atoms with Crippen molar-refractivity contribution in [2.75, 3.05) is 11.5 Å². The SMILES string of the molecule is CCSCCC(C)NC1CC(c2ccccc2Br)C1. The summed E-state index contributed by atoms with van der Waals surface area (Å²) in [4.78, 5) is 0. The summed E-state index contributed by atoms with van der Waals surface area (Å²) in [5.74, 6) is 3.26. The molecular formula is C16H24BrNS. The summed E-state index contributed by atoms with van der Waals surface area (Å²) in [6, 6.07) is 10.0. The zero-order valence-corrected chi connectivity index (χ0v) is 14.3. The maximum atomic E-state index is 3.77. The van der Waals surface area contributed by atoms with E-state index in [9.17, 15) is 0 Å². The highest BCUT2D eigenvalue weighted by Gasteiger charge is 2.31. The maximum absolute atomic E-state index is 3.77. The minimum Gasteiger partial charge on any atom is -0.311 e. The Hall–Kier alpha value is 0.01000.